The van der Waals surface area contributed by atoms with Crippen LogP contribution >= 0.6 is 0 Å². The van der Waals surface area contributed by atoms with Crippen LogP contribution in [0.5, 0.6) is 0 Å². The molecule has 0 spiro atoms. The van der Waals surface area contributed by atoms with Crippen LogP contribution in [0.3, 0.4) is 0 Å². The lowest BCUT2D eigenvalue weighted by molar-refractivity contribution is 0.450. The van der Waals surface area contributed by atoms with E-state index in [2.05, 4.69) is 68.7 Å². The van der Waals surface area contributed by atoms with Crippen LogP contribution < -0.4 is 5.32 Å². The third-order valence-corrected chi connectivity index (χ3v) is 4.72. The van der Waals surface area contributed by atoms with Gasteiger partial charge >= 0.3 is 0 Å². The molecule has 0 aromatic heterocycles. The average Bonchev–Trinajstić information content (AvgIpc) is 2.42. The number of fused-ring (bicyclic) bond motifs is 1. The van der Waals surface area contributed by atoms with Gasteiger partial charge in [-0.25, -0.2) is 0 Å². The second-order valence-corrected chi connectivity index (χ2v) is 5.98. The highest BCUT2D eigenvalue weighted by Crippen LogP contribution is 2.41. The maximum absolute atomic E-state index is 3.53. The first-order valence-corrected chi connectivity index (χ1v) is 7.52. The predicted octanol–water partition coefficient (Wildman–Crippen LogP) is 4.29. The molecule has 1 nitrogen and oxygen atoms in total. The number of hydrogen-bond acceptors (Lipinski definition) is 1. The minimum atomic E-state index is 0.453. The second kappa shape index (κ2) is 5.41. The van der Waals surface area contributed by atoms with Gasteiger partial charge in [-0.1, -0.05) is 42.5 Å². The number of nitrogens with one attached hydrogen (secondary N) is 1. The summed E-state index contributed by atoms with van der Waals surface area (Å²) in [7, 11) is 2.08. The van der Waals surface area contributed by atoms with Crippen molar-refractivity contribution in [2.75, 3.05) is 7.05 Å². The van der Waals surface area contributed by atoms with Crippen LogP contribution in [0.15, 0.2) is 42.5 Å². The van der Waals surface area contributed by atoms with E-state index in [-0.39, 0.29) is 0 Å². The molecular weight excluding hydrogens is 242 g/mol. The Labute approximate surface area is 122 Å². The second-order valence-electron chi connectivity index (χ2n) is 5.98. The van der Waals surface area contributed by atoms with Gasteiger partial charge in [-0.05, 0) is 67.5 Å². The molecule has 1 N–H and O–H groups in total. The van der Waals surface area contributed by atoms with Gasteiger partial charge in [-0.2, -0.15) is 0 Å². The van der Waals surface area contributed by atoms with Crippen molar-refractivity contribution in [3.05, 3.63) is 70.3 Å². The van der Waals surface area contributed by atoms with Crippen LogP contribution in [0, 0.1) is 13.8 Å². The van der Waals surface area contributed by atoms with E-state index in [4.69, 9.17) is 0 Å². The Hall–Kier alpha value is -1.60. The first kappa shape index (κ1) is 13.4. The minimum absolute atomic E-state index is 0.453. The molecule has 3 rings (SSSR count). The smallest absolute Gasteiger partial charge is 0.0328 e. The van der Waals surface area contributed by atoms with Crippen molar-refractivity contribution in [2.45, 2.75) is 38.6 Å². The monoisotopic (exact) mass is 265 g/mol. The Morgan fingerprint density at radius 2 is 1.75 bits per heavy atom. The molecule has 0 radical (unpaired) electrons. The van der Waals surface area contributed by atoms with E-state index in [1.165, 1.54) is 35.1 Å². The summed E-state index contributed by atoms with van der Waals surface area (Å²) in [6, 6.07) is 15.9. The van der Waals surface area contributed by atoms with Crippen molar-refractivity contribution in [3.63, 3.8) is 0 Å². The van der Waals surface area contributed by atoms with E-state index in [0.717, 1.165) is 0 Å². The Morgan fingerprint density at radius 1 is 1.05 bits per heavy atom. The molecule has 0 amide bonds. The van der Waals surface area contributed by atoms with E-state index >= 15 is 0 Å². The molecule has 0 heterocycles. The number of rotatable bonds is 4. The van der Waals surface area contributed by atoms with Gasteiger partial charge in [0.25, 0.3) is 0 Å². The molecule has 2 aromatic carbocycles. The third kappa shape index (κ3) is 2.27. The van der Waals surface area contributed by atoms with Gasteiger partial charge in [0, 0.05) is 6.04 Å². The molecule has 1 aliphatic rings. The molecule has 0 saturated carbocycles. The lowest BCUT2D eigenvalue weighted by atomic mass is 9.73. The molecule has 20 heavy (non-hydrogen) atoms. The topological polar surface area (TPSA) is 12.0 Å². The van der Waals surface area contributed by atoms with Crippen molar-refractivity contribution >= 4 is 0 Å². The maximum Gasteiger partial charge on any atom is 0.0328 e. The van der Waals surface area contributed by atoms with Gasteiger partial charge in [0.05, 0.1) is 0 Å². The summed E-state index contributed by atoms with van der Waals surface area (Å²) in [6.45, 7) is 4.45. The summed E-state index contributed by atoms with van der Waals surface area (Å²) in [5, 5.41) is 3.53. The molecule has 0 bridgehead atoms. The van der Waals surface area contributed by atoms with Crippen molar-refractivity contribution in [2.24, 2.45) is 0 Å². The molecule has 2 aromatic rings. The maximum atomic E-state index is 3.53. The summed E-state index contributed by atoms with van der Waals surface area (Å²) in [5.74, 6) is 0.711. The number of hydrogen-bond donors (Lipinski definition) is 1. The van der Waals surface area contributed by atoms with Gasteiger partial charge in [-0.3, -0.25) is 0 Å². The van der Waals surface area contributed by atoms with Crippen molar-refractivity contribution in [3.8, 4) is 0 Å². The summed E-state index contributed by atoms with van der Waals surface area (Å²) in [5.41, 5.74) is 7.38. The van der Waals surface area contributed by atoms with Crippen LogP contribution in [-0.4, -0.2) is 7.05 Å². The highest BCUT2D eigenvalue weighted by atomic mass is 14.9. The fraction of sp³-hybridized carbons (Fsp3) is 0.368. The molecule has 2 unspecified atom stereocenters. The zero-order chi connectivity index (χ0) is 14.1. The number of aryl methyl sites for hydroxylation is 2. The zero-order valence-corrected chi connectivity index (χ0v) is 12.6. The Bertz CT molecular complexity index is 595. The van der Waals surface area contributed by atoms with Crippen LogP contribution in [0.25, 0.3) is 0 Å². The largest absolute Gasteiger partial charge is 0.313 e. The molecule has 1 aliphatic carbocycles. The van der Waals surface area contributed by atoms with E-state index in [0.29, 0.717) is 12.0 Å². The fourth-order valence-corrected chi connectivity index (χ4v) is 3.61. The minimum Gasteiger partial charge on any atom is -0.313 e. The summed E-state index contributed by atoms with van der Waals surface area (Å²) >= 11 is 0. The molecule has 0 fully saturated rings. The van der Waals surface area contributed by atoms with Gasteiger partial charge in [0.1, 0.15) is 0 Å². The van der Waals surface area contributed by atoms with Crippen LogP contribution in [-0.2, 0) is 6.42 Å². The Kier molecular flexibility index (Phi) is 3.62. The Balaban J connectivity index is 1.83. The molecule has 1 heteroatoms. The average molecular weight is 265 g/mol. The van der Waals surface area contributed by atoms with Crippen molar-refractivity contribution in [1.82, 2.24) is 5.32 Å². The highest BCUT2D eigenvalue weighted by Gasteiger charge is 2.28. The molecule has 0 saturated heterocycles. The summed E-state index contributed by atoms with van der Waals surface area (Å²) in [6.07, 6.45) is 2.43. The van der Waals surface area contributed by atoms with E-state index in [1.54, 1.807) is 5.56 Å². The standard InChI is InChI=1S/C19H23N/c1-13-7-6-8-14(2)19(13)18(20-3)12-16-11-15-9-4-5-10-17(15)16/h4-10,16,18,20H,11-12H2,1-3H3. The third-order valence-electron chi connectivity index (χ3n) is 4.72. The molecule has 0 aliphatic heterocycles. The first-order chi connectivity index (χ1) is 9.70. The number of benzene rings is 2. The molecule has 104 valence electrons. The molecular formula is C19H23N. The lowest BCUT2D eigenvalue weighted by Crippen LogP contribution is -2.26. The lowest BCUT2D eigenvalue weighted by Gasteiger charge is -2.34. The van der Waals surface area contributed by atoms with E-state index < -0.39 is 0 Å². The summed E-state index contributed by atoms with van der Waals surface area (Å²) < 4.78 is 0. The first-order valence-electron chi connectivity index (χ1n) is 7.52. The van der Waals surface area contributed by atoms with Crippen LogP contribution in [0.4, 0.5) is 0 Å². The van der Waals surface area contributed by atoms with Crippen LogP contribution in [0.1, 0.15) is 46.2 Å². The highest BCUT2D eigenvalue weighted by molar-refractivity contribution is 5.42. The van der Waals surface area contributed by atoms with Gasteiger partial charge in [0.2, 0.25) is 0 Å². The van der Waals surface area contributed by atoms with E-state index in [1.807, 2.05) is 0 Å². The van der Waals surface area contributed by atoms with Crippen LogP contribution in [0.2, 0.25) is 0 Å². The zero-order valence-electron chi connectivity index (χ0n) is 12.6. The van der Waals surface area contributed by atoms with Crippen molar-refractivity contribution < 1.29 is 0 Å². The normalized spacial score (nSPS) is 18.2. The van der Waals surface area contributed by atoms with Gasteiger partial charge in [0.15, 0.2) is 0 Å². The summed E-state index contributed by atoms with van der Waals surface area (Å²) in [4.78, 5) is 0. The SMILES string of the molecule is CNC(CC1Cc2ccccc21)c1c(C)cccc1C. The predicted molar refractivity (Wildman–Crippen MR) is 85.2 cm³/mol. The molecule has 2 atom stereocenters. The van der Waals surface area contributed by atoms with E-state index in [9.17, 15) is 0 Å². The quantitative estimate of drug-likeness (QED) is 0.869. The van der Waals surface area contributed by atoms with Crippen molar-refractivity contribution in [1.29, 1.82) is 0 Å². The van der Waals surface area contributed by atoms with Gasteiger partial charge in [-0.15, -0.1) is 0 Å². The Morgan fingerprint density at radius 3 is 2.40 bits per heavy atom. The fourth-order valence-electron chi connectivity index (χ4n) is 3.61. The van der Waals surface area contributed by atoms with Gasteiger partial charge < -0.3 is 5.32 Å².